The van der Waals surface area contributed by atoms with E-state index in [0.29, 0.717) is 12.2 Å². The van der Waals surface area contributed by atoms with E-state index in [4.69, 9.17) is 28.3 Å². The van der Waals surface area contributed by atoms with Crippen LogP contribution in [-0.4, -0.2) is 27.5 Å². The Kier molecular flexibility index (Phi) is 8.87. The standard InChI is InChI=1S/C18H32NOSi.CH3.2ClH.Ti/c1-19-21(2,3)18-13-9-5-4-8-12(13)16-14-10-6-7-11-15(14)20-17(16)18;;;;/h12-18H,4-11H2,1-3H3;1H3;2*1H;/q2*-1;;;+2/p-2. The van der Waals surface area contributed by atoms with Crippen LogP contribution in [0.3, 0.4) is 0 Å². The number of hydrogen-bond acceptors (Lipinski definition) is 1. The van der Waals surface area contributed by atoms with Crippen LogP contribution in [0.25, 0.3) is 4.98 Å². The summed E-state index contributed by atoms with van der Waals surface area (Å²) in [5.74, 6) is 3.73. The Labute approximate surface area is 173 Å². The molecule has 0 N–H and O–H groups in total. The minimum absolute atomic E-state index is 0. The fourth-order valence-electron chi connectivity index (χ4n) is 6.59. The maximum absolute atomic E-state index is 6.76. The van der Waals surface area contributed by atoms with Gasteiger partial charge in [0.2, 0.25) is 0 Å². The average Bonchev–Trinajstić information content (AvgIpc) is 3.09. The fraction of sp³-hybridized carbons (Fsp3) is 0.947. The second-order valence-corrected chi connectivity index (χ2v) is 15.8. The Balaban J connectivity index is 0.000000528. The van der Waals surface area contributed by atoms with E-state index in [2.05, 4.69) is 20.1 Å². The van der Waals surface area contributed by atoms with Gasteiger partial charge in [0.15, 0.2) is 0 Å². The van der Waals surface area contributed by atoms with Crippen LogP contribution in [0.5, 0.6) is 0 Å². The molecule has 3 aliphatic carbocycles. The fourth-order valence-corrected chi connectivity index (χ4v) is 9.45. The summed E-state index contributed by atoms with van der Waals surface area (Å²) in [6.45, 7) is 4.99. The molecule has 1 aliphatic heterocycles. The molecule has 25 heavy (non-hydrogen) atoms. The van der Waals surface area contributed by atoms with Gasteiger partial charge in [-0.15, -0.1) is 0 Å². The summed E-state index contributed by atoms with van der Waals surface area (Å²) in [5, 5.41) is 0. The molecule has 4 fully saturated rings. The van der Waals surface area contributed by atoms with Crippen molar-refractivity contribution in [3.63, 3.8) is 0 Å². The third-order valence-electron chi connectivity index (χ3n) is 7.54. The molecule has 4 aliphatic rings. The van der Waals surface area contributed by atoms with Crippen molar-refractivity contribution >= 4 is 26.8 Å². The summed E-state index contributed by atoms with van der Waals surface area (Å²) < 4.78 is 6.76. The molecule has 2 nitrogen and oxygen atoms in total. The van der Waals surface area contributed by atoms with Gasteiger partial charge in [-0.25, -0.2) is 0 Å². The minimum atomic E-state index is -1.50. The Morgan fingerprint density at radius 1 is 0.920 bits per heavy atom. The molecule has 146 valence electrons. The van der Waals surface area contributed by atoms with Crippen molar-refractivity contribution in [3.05, 3.63) is 12.4 Å². The van der Waals surface area contributed by atoms with Crippen LogP contribution in [0.2, 0.25) is 18.6 Å². The molecule has 6 heteroatoms. The van der Waals surface area contributed by atoms with E-state index in [1.54, 1.807) is 0 Å². The Bertz CT molecular complexity index is 428. The van der Waals surface area contributed by atoms with Crippen LogP contribution < -0.4 is 0 Å². The van der Waals surface area contributed by atoms with Crippen molar-refractivity contribution in [2.45, 2.75) is 82.2 Å². The first kappa shape index (κ1) is 22.7. The van der Waals surface area contributed by atoms with Crippen LogP contribution in [0.1, 0.15) is 51.4 Å². The van der Waals surface area contributed by atoms with Crippen LogP contribution in [-0.2, 0) is 21.8 Å². The van der Waals surface area contributed by atoms with Crippen molar-refractivity contribution in [1.29, 1.82) is 0 Å². The molecule has 7 atom stereocenters. The van der Waals surface area contributed by atoms with E-state index in [1.807, 2.05) is 0 Å². The molecule has 0 aromatic heterocycles. The molecule has 1 heterocycles. The van der Waals surface area contributed by atoms with Gasteiger partial charge in [-0.2, -0.15) is 7.05 Å². The number of halogens is 2. The third-order valence-corrected chi connectivity index (χ3v) is 11.1. The van der Waals surface area contributed by atoms with Crippen LogP contribution >= 0.6 is 18.6 Å². The third kappa shape index (κ3) is 4.38. The number of nitrogens with zero attached hydrogens (tertiary/aromatic N) is 1. The topological polar surface area (TPSA) is 23.3 Å². The number of ether oxygens (including phenoxy) is 1. The first-order chi connectivity index (χ1) is 11.5. The monoisotopic (exact) mass is 439 g/mol. The van der Waals surface area contributed by atoms with Crippen molar-refractivity contribution < 1.29 is 21.8 Å². The van der Waals surface area contributed by atoms with E-state index < -0.39 is 25.3 Å². The molecule has 0 aromatic rings. The second kappa shape index (κ2) is 9.76. The Hall–Kier alpha value is 1.43. The SMILES string of the molecule is C[N-][Si](C)(C)C1C2CCCCC2C2C3CCCCC3OC21.[CH3-].[Cl][Ti][Cl]. The molecular weight excluding hydrogens is 405 g/mol. The van der Waals surface area contributed by atoms with Crippen molar-refractivity contribution in [2.75, 3.05) is 7.05 Å². The average molecular weight is 440 g/mol. The quantitative estimate of drug-likeness (QED) is 0.343. The van der Waals surface area contributed by atoms with Gasteiger partial charge < -0.3 is 17.1 Å². The second-order valence-electron chi connectivity index (χ2n) is 8.75. The molecule has 0 bridgehead atoms. The summed E-state index contributed by atoms with van der Waals surface area (Å²) in [6, 6.07) is 0. The molecule has 0 amide bonds. The number of hydrogen-bond donors (Lipinski definition) is 0. The molecule has 4 rings (SSSR count). The van der Waals surface area contributed by atoms with E-state index in [1.165, 1.54) is 51.4 Å². The molecule has 3 saturated carbocycles. The zero-order chi connectivity index (χ0) is 17.3. The molecular formula is C19H35Cl2NOSiTi-2. The van der Waals surface area contributed by atoms with Crippen molar-refractivity contribution in [3.8, 4) is 0 Å². The Morgan fingerprint density at radius 2 is 1.44 bits per heavy atom. The van der Waals surface area contributed by atoms with E-state index in [9.17, 15) is 0 Å². The predicted molar refractivity (Wildman–Crippen MR) is 108 cm³/mol. The number of rotatable bonds is 2. The van der Waals surface area contributed by atoms with Crippen LogP contribution in [0.4, 0.5) is 0 Å². The molecule has 0 radical (unpaired) electrons. The molecule has 1 saturated heterocycles. The number of fused-ring (bicyclic) bond motifs is 5. The summed E-state index contributed by atoms with van der Waals surface area (Å²) in [5.41, 5.74) is 0.809. The summed E-state index contributed by atoms with van der Waals surface area (Å²) in [6.07, 6.45) is 12.7. The van der Waals surface area contributed by atoms with Gasteiger partial charge in [-0.1, -0.05) is 53.4 Å². The normalized spacial score (nSPS) is 42.2. The first-order valence-electron chi connectivity index (χ1n) is 9.78. The summed E-state index contributed by atoms with van der Waals surface area (Å²) in [7, 11) is 10.4. The van der Waals surface area contributed by atoms with Crippen molar-refractivity contribution in [1.82, 2.24) is 0 Å². The van der Waals surface area contributed by atoms with Crippen LogP contribution in [0, 0.1) is 31.1 Å². The van der Waals surface area contributed by atoms with Gasteiger partial charge in [-0.05, 0) is 48.5 Å². The molecule has 0 aromatic carbocycles. The Morgan fingerprint density at radius 3 is 2.04 bits per heavy atom. The van der Waals surface area contributed by atoms with Crippen LogP contribution in [0.15, 0.2) is 0 Å². The van der Waals surface area contributed by atoms with E-state index >= 15 is 0 Å². The van der Waals surface area contributed by atoms with Gasteiger partial charge >= 0.3 is 35.6 Å². The summed E-state index contributed by atoms with van der Waals surface area (Å²) >= 11 is -0.556. The van der Waals surface area contributed by atoms with Gasteiger partial charge in [0.25, 0.3) is 0 Å². The van der Waals surface area contributed by atoms with Crippen molar-refractivity contribution in [2.24, 2.45) is 23.7 Å². The first-order valence-corrected chi connectivity index (χ1v) is 17.1. The molecule has 0 spiro atoms. The predicted octanol–water partition coefficient (Wildman–Crippen LogP) is 6.79. The van der Waals surface area contributed by atoms with E-state index in [-0.39, 0.29) is 7.43 Å². The van der Waals surface area contributed by atoms with Gasteiger partial charge in [0, 0.05) is 0 Å². The zero-order valence-electron chi connectivity index (χ0n) is 16.3. The molecule has 7 unspecified atom stereocenters. The van der Waals surface area contributed by atoms with Gasteiger partial charge in [-0.3, -0.25) is 0 Å². The van der Waals surface area contributed by atoms with E-state index in [0.717, 1.165) is 29.2 Å². The maximum atomic E-state index is 6.76. The summed E-state index contributed by atoms with van der Waals surface area (Å²) in [4.78, 5) is 4.93. The van der Waals surface area contributed by atoms with Gasteiger partial charge in [0.05, 0.1) is 12.2 Å². The zero-order valence-corrected chi connectivity index (χ0v) is 20.4. The van der Waals surface area contributed by atoms with Gasteiger partial charge in [0.1, 0.15) is 0 Å².